The fourth-order valence-electron chi connectivity index (χ4n) is 4.12. The highest BCUT2D eigenvalue weighted by molar-refractivity contribution is 6.31. The first-order valence-corrected chi connectivity index (χ1v) is 13.0. The summed E-state index contributed by atoms with van der Waals surface area (Å²) < 4.78 is 18.6. The van der Waals surface area contributed by atoms with Crippen molar-refractivity contribution in [3.63, 3.8) is 0 Å². The number of aromatic nitrogens is 2. The largest absolute Gasteiger partial charge is 0.490 e. The molecule has 0 fully saturated rings. The van der Waals surface area contributed by atoms with Crippen LogP contribution in [0.25, 0.3) is 33.5 Å². The third-order valence-corrected chi connectivity index (χ3v) is 6.46. The molecule has 40 heavy (non-hydrogen) atoms. The minimum atomic E-state index is -0.535. The second kappa shape index (κ2) is 11.2. The van der Waals surface area contributed by atoms with Crippen molar-refractivity contribution in [3.8, 4) is 23.1 Å². The van der Waals surface area contributed by atoms with E-state index in [1.54, 1.807) is 61.5 Å². The lowest BCUT2D eigenvalue weighted by molar-refractivity contribution is -0.386. The van der Waals surface area contributed by atoms with E-state index in [0.717, 1.165) is 10.1 Å². The predicted octanol–water partition coefficient (Wildman–Crippen LogP) is 6.83. The molecule has 11 heteroatoms. The molecule has 0 amide bonds. The van der Waals surface area contributed by atoms with Gasteiger partial charge in [0.1, 0.15) is 5.58 Å². The SMILES string of the molecule is CCOc1cc(C=Nn2c(-c3cc4cc(Cl)ccc4o3)nc3ccccc3c2=O)cc([N+](=O)[O-])c1O[C@H](C)CC. The van der Waals surface area contributed by atoms with Gasteiger partial charge in [0.25, 0.3) is 5.56 Å². The van der Waals surface area contributed by atoms with E-state index < -0.39 is 10.5 Å². The highest BCUT2D eigenvalue weighted by Gasteiger charge is 2.24. The van der Waals surface area contributed by atoms with Crippen molar-refractivity contribution in [2.75, 3.05) is 6.61 Å². The molecular weight excluding hydrogens is 536 g/mol. The van der Waals surface area contributed by atoms with Crippen LogP contribution in [-0.4, -0.2) is 33.5 Å². The molecule has 0 bridgehead atoms. The third kappa shape index (κ3) is 5.26. The Morgan fingerprint density at radius 2 is 1.98 bits per heavy atom. The summed E-state index contributed by atoms with van der Waals surface area (Å²) in [6.07, 6.45) is 1.73. The van der Waals surface area contributed by atoms with Gasteiger partial charge in [-0.3, -0.25) is 14.9 Å². The molecule has 5 rings (SSSR count). The van der Waals surface area contributed by atoms with Crippen LogP contribution < -0.4 is 15.0 Å². The van der Waals surface area contributed by atoms with E-state index in [-0.39, 0.29) is 35.7 Å². The molecule has 10 nitrogen and oxygen atoms in total. The standard InChI is InChI=1S/C29H25ClN4O6/c1-4-17(3)39-27-23(34(36)37)12-18(13-25(27)38-5-2)16-31-33-28(32-22-9-7-6-8-21(22)29(33)35)26-15-19-14-20(30)10-11-24(19)40-26/h6-17H,4-5H2,1-3H3/t17-/m1/s1. The number of ether oxygens (including phenoxy) is 2. The number of halogens is 1. The lowest BCUT2D eigenvalue weighted by atomic mass is 10.1. The van der Waals surface area contributed by atoms with Gasteiger partial charge in [-0.05, 0) is 62.7 Å². The molecule has 0 aliphatic heterocycles. The quantitative estimate of drug-likeness (QED) is 0.110. The maximum absolute atomic E-state index is 13.6. The number of benzene rings is 3. The van der Waals surface area contributed by atoms with Gasteiger partial charge in [-0.15, -0.1) is 0 Å². The van der Waals surface area contributed by atoms with E-state index >= 15 is 0 Å². The van der Waals surface area contributed by atoms with Crippen LogP contribution in [0.15, 0.2) is 75.0 Å². The minimum absolute atomic E-state index is 0.0458. The minimum Gasteiger partial charge on any atom is -0.490 e. The van der Waals surface area contributed by atoms with Gasteiger partial charge in [0.2, 0.25) is 11.6 Å². The molecule has 0 unspecified atom stereocenters. The zero-order valence-corrected chi connectivity index (χ0v) is 22.7. The first-order valence-electron chi connectivity index (χ1n) is 12.7. The van der Waals surface area contributed by atoms with Crippen molar-refractivity contribution in [2.45, 2.75) is 33.3 Å². The summed E-state index contributed by atoms with van der Waals surface area (Å²) >= 11 is 6.14. The average molecular weight is 561 g/mol. The normalized spacial score (nSPS) is 12.3. The molecule has 0 saturated heterocycles. The van der Waals surface area contributed by atoms with Gasteiger partial charge in [-0.1, -0.05) is 30.7 Å². The van der Waals surface area contributed by atoms with Crippen LogP contribution in [0.4, 0.5) is 5.69 Å². The summed E-state index contributed by atoms with van der Waals surface area (Å²) in [4.78, 5) is 29.6. The highest BCUT2D eigenvalue weighted by Crippen LogP contribution is 2.39. The molecule has 204 valence electrons. The first-order chi connectivity index (χ1) is 19.3. The van der Waals surface area contributed by atoms with Crippen LogP contribution in [0.2, 0.25) is 5.02 Å². The first kappa shape index (κ1) is 26.9. The van der Waals surface area contributed by atoms with Gasteiger partial charge in [-0.2, -0.15) is 9.78 Å². The molecular formula is C29H25ClN4O6. The number of rotatable bonds is 9. The second-order valence-corrected chi connectivity index (χ2v) is 9.44. The number of para-hydroxylation sites is 1. The summed E-state index contributed by atoms with van der Waals surface area (Å²) in [6, 6.07) is 16.7. The maximum Gasteiger partial charge on any atom is 0.315 e. The van der Waals surface area contributed by atoms with Gasteiger partial charge in [0.15, 0.2) is 11.5 Å². The van der Waals surface area contributed by atoms with Crippen molar-refractivity contribution in [1.82, 2.24) is 9.66 Å². The van der Waals surface area contributed by atoms with E-state index in [0.29, 0.717) is 39.3 Å². The summed E-state index contributed by atoms with van der Waals surface area (Å²) in [7, 11) is 0. The molecule has 3 aromatic carbocycles. The van der Waals surface area contributed by atoms with Crippen molar-refractivity contribution >= 4 is 45.4 Å². The van der Waals surface area contributed by atoms with E-state index in [1.807, 2.05) is 13.8 Å². The molecule has 0 radical (unpaired) electrons. The third-order valence-electron chi connectivity index (χ3n) is 6.22. The Labute approximate surface area is 233 Å². The molecule has 5 aromatic rings. The number of nitrogens with zero attached hydrogens (tertiary/aromatic N) is 4. The predicted molar refractivity (Wildman–Crippen MR) is 154 cm³/mol. The fraction of sp³-hybridized carbons (Fsp3) is 0.207. The van der Waals surface area contributed by atoms with Gasteiger partial charge >= 0.3 is 5.69 Å². The van der Waals surface area contributed by atoms with Crippen LogP contribution in [0, 0.1) is 10.1 Å². The summed E-state index contributed by atoms with van der Waals surface area (Å²) in [6.45, 7) is 5.78. The van der Waals surface area contributed by atoms with Crippen LogP contribution in [0.1, 0.15) is 32.8 Å². The Morgan fingerprint density at radius 3 is 2.73 bits per heavy atom. The molecule has 2 heterocycles. The smallest absolute Gasteiger partial charge is 0.315 e. The average Bonchev–Trinajstić information content (AvgIpc) is 3.36. The van der Waals surface area contributed by atoms with Gasteiger partial charge in [0, 0.05) is 22.0 Å². The van der Waals surface area contributed by atoms with Crippen molar-refractivity contribution in [3.05, 3.63) is 91.7 Å². The number of hydrogen-bond acceptors (Lipinski definition) is 8. The number of hydrogen-bond donors (Lipinski definition) is 0. The molecule has 0 spiro atoms. The fourth-order valence-corrected chi connectivity index (χ4v) is 4.30. The number of furan rings is 1. The number of nitro benzene ring substituents is 1. The summed E-state index contributed by atoms with van der Waals surface area (Å²) in [5, 5.41) is 18.0. The maximum atomic E-state index is 13.6. The number of fused-ring (bicyclic) bond motifs is 2. The lowest BCUT2D eigenvalue weighted by Crippen LogP contribution is -2.20. The van der Waals surface area contributed by atoms with Crippen LogP contribution in [0.5, 0.6) is 11.5 Å². The van der Waals surface area contributed by atoms with Crippen LogP contribution >= 0.6 is 11.6 Å². The van der Waals surface area contributed by atoms with Crippen LogP contribution in [0.3, 0.4) is 0 Å². The number of nitro groups is 1. The van der Waals surface area contributed by atoms with E-state index in [9.17, 15) is 14.9 Å². The molecule has 0 aliphatic rings. The zero-order chi connectivity index (χ0) is 28.4. The van der Waals surface area contributed by atoms with Crippen molar-refractivity contribution < 1.29 is 18.8 Å². The topological polar surface area (TPSA) is 122 Å². The van der Waals surface area contributed by atoms with Crippen molar-refractivity contribution in [1.29, 1.82) is 0 Å². The molecule has 0 aliphatic carbocycles. The summed E-state index contributed by atoms with van der Waals surface area (Å²) in [5.74, 6) is 0.709. The molecule has 2 aromatic heterocycles. The molecule has 0 N–H and O–H groups in total. The molecule has 0 saturated carbocycles. The summed E-state index contributed by atoms with van der Waals surface area (Å²) in [5.41, 5.74) is 0.645. The Bertz CT molecular complexity index is 1830. The van der Waals surface area contributed by atoms with Crippen molar-refractivity contribution in [2.24, 2.45) is 5.10 Å². The second-order valence-electron chi connectivity index (χ2n) is 9.00. The molecule has 1 atom stereocenters. The Morgan fingerprint density at radius 1 is 1.18 bits per heavy atom. The Hall–Kier alpha value is -4.70. The van der Waals surface area contributed by atoms with E-state index in [4.69, 9.17) is 25.5 Å². The van der Waals surface area contributed by atoms with Crippen LogP contribution in [-0.2, 0) is 0 Å². The highest BCUT2D eigenvalue weighted by atomic mass is 35.5. The zero-order valence-electron chi connectivity index (χ0n) is 22.0. The lowest BCUT2D eigenvalue weighted by Gasteiger charge is -2.16. The Balaban J connectivity index is 1.68. The Kier molecular flexibility index (Phi) is 7.52. The monoisotopic (exact) mass is 560 g/mol. The van der Waals surface area contributed by atoms with Gasteiger partial charge < -0.3 is 13.9 Å². The van der Waals surface area contributed by atoms with Gasteiger partial charge in [0.05, 0.1) is 34.8 Å². The van der Waals surface area contributed by atoms with Gasteiger partial charge in [-0.25, -0.2) is 4.98 Å². The van der Waals surface area contributed by atoms with E-state index in [2.05, 4.69) is 10.1 Å². The van der Waals surface area contributed by atoms with E-state index in [1.165, 1.54) is 12.3 Å².